The Hall–Kier alpha value is -0.170. The van der Waals surface area contributed by atoms with Gasteiger partial charge in [0.1, 0.15) is 0 Å². The molecule has 1 rings (SSSR count). The van der Waals surface area contributed by atoms with Crippen molar-refractivity contribution >= 4 is 11.8 Å². The van der Waals surface area contributed by atoms with Crippen LogP contribution in [0.25, 0.3) is 0 Å². The first-order valence-electron chi connectivity index (χ1n) is 3.67. The van der Waals surface area contributed by atoms with E-state index >= 15 is 0 Å². The Morgan fingerprint density at radius 1 is 1.60 bits per heavy atom. The summed E-state index contributed by atoms with van der Waals surface area (Å²) in [5.74, 6) is 0.742. The van der Waals surface area contributed by atoms with Crippen molar-refractivity contribution in [2.24, 2.45) is 5.92 Å². The summed E-state index contributed by atoms with van der Waals surface area (Å²) in [5, 5.41) is 0. The molecule has 0 aromatic rings. The molecule has 0 aliphatic heterocycles. The van der Waals surface area contributed by atoms with E-state index < -0.39 is 0 Å². The fourth-order valence-corrected chi connectivity index (χ4v) is 1.92. The number of hydrogen-bond donors (Lipinski definition) is 0. The maximum Gasteiger partial charge on any atom is 0.00580 e. The predicted octanol–water partition coefficient (Wildman–Crippen LogP) is 3.22. The molecule has 0 saturated heterocycles. The molecule has 10 heavy (non-hydrogen) atoms. The first kappa shape index (κ1) is 7.93. The molecule has 0 nitrogen and oxygen atoms in total. The van der Waals surface area contributed by atoms with E-state index in [4.69, 9.17) is 0 Å². The van der Waals surface area contributed by atoms with Crippen LogP contribution in [0.5, 0.6) is 0 Å². The lowest BCUT2D eigenvalue weighted by Crippen LogP contribution is -1.96. The summed E-state index contributed by atoms with van der Waals surface area (Å²) in [6.07, 6.45) is 8.05. The fraction of sp³-hybridized carbons (Fsp3) is 0.556. The van der Waals surface area contributed by atoms with Gasteiger partial charge in [-0.05, 0) is 31.1 Å². The lowest BCUT2D eigenvalue weighted by molar-refractivity contribution is 0.729. The van der Waals surface area contributed by atoms with Crippen LogP contribution >= 0.6 is 11.8 Å². The molecule has 1 atom stereocenters. The van der Waals surface area contributed by atoms with Gasteiger partial charge in [-0.3, -0.25) is 0 Å². The highest BCUT2D eigenvalue weighted by atomic mass is 32.2. The van der Waals surface area contributed by atoms with Crippen LogP contribution < -0.4 is 0 Å². The topological polar surface area (TPSA) is 0 Å². The zero-order chi connectivity index (χ0) is 7.56. The average Bonchev–Trinajstić information content (AvgIpc) is 1.94. The second-order valence-electron chi connectivity index (χ2n) is 2.84. The summed E-state index contributed by atoms with van der Waals surface area (Å²) in [7, 11) is 0. The molecular weight excluding hydrogens is 140 g/mol. The molecule has 0 saturated carbocycles. The van der Waals surface area contributed by atoms with Gasteiger partial charge >= 0.3 is 0 Å². The Balaban J connectivity index is 2.74. The standard InChI is InChI=1S/C9H14S/c1-7-4-5-8(2)9(6-7)10-3/h5-7H,4H2,1-3H3. The van der Waals surface area contributed by atoms with Gasteiger partial charge in [0, 0.05) is 4.91 Å². The molecule has 0 amide bonds. The van der Waals surface area contributed by atoms with Gasteiger partial charge in [-0.2, -0.15) is 0 Å². The van der Waals surface area contributed by atoms with Crippen molar-refractivity contribution < 1.29 is 0 Å². The molecule has 0 N–H and O–H groups in total. The van der Waals surface area contributed by atoms with Gasteiger partial charge in [0.25, 0.3) is 0 Å². The van der Waals surface area contributed by atoms with Gasteiger partial charge in [0.05, 0.1) is 0 Å². The largest absolute Gasteiger partial charge is 0.130 e. The van der Waals surface area contributed by atoms with Crippen LogP contribution in [0.3, 0.4) is 0 Å². The summed E-state index contributed by atoms with van der Waals surface area (Å²) in [4.78, 5) is 1.46. The Labute approximate surface area is 67.4 Å². The molecule has 0 aromatic carbocycles. The van der Waals surface area contributed by atoms with E-state index in [9.17, 15) is 0 Å². The molecule has 0 fully saturated rings. The van der Waals surface area contributed by atoms with Gasteiger partial charge in [-0.15, -0.1) is 11.8 Å². The van der Waals surface area contributed by atoms with Crippen molar-refractivity contribution in [3.05, 3.63) is 22.6 Å². The number of hydrogen-bond acceptors (Lipinski definition) is 1. The van der Waals surface area contributed by atoms with Crippen LogP contribution in [-0.2, 0) is 0 Å². The smallest absolute Gasteiger partial charge is 0.00580 e. The summed E-state index contributed by atoms with van der Waals surface area (Å²) in [5.41, 5.74) is 1.45. The van der Waals surface area contributed by atoms with E-state index in [0.29, 0.717) is 0 Å². The van der Waals surface area contributed by atoms with Crippen molar-refractivity contribution in [1.29, 1.82) is 0 Å². The zero-order valence-corrected chi connectivity index (χ0v) is 7.66. The second-order valence-corrected chi connectivity index (χ2v) is 3.68. The van der Waals surface area contributed by atoms with Gasteiger partial charge in [-0.25, -0.2) is 0 Å². The quantitative estimate of drug-likeness (QED) is 0.559. The maximum absolute atomic E-state index is 2.36. The highest BCUT2D eigenvalue weighted by Gasteiger charge is 2.07. The molecule has 1 heteroatoms. The van der Waals surface area contributed by atoms with E-state index in [1.807, 2.05) is 11.8 Å². The average molecular weight is 154 g/mol. The van der Waals surface area contributed by atoms with E-state index in [-0.39, 0.29) is 0 Å². The monoisotopic (exact) mass is 154 g/mol. The van der Waals surface area contributed by atoms with Crippen LogP contribution in [0, 0.1) is 5.92 Å². The van der Waals surface area contributed by atoms with Crippen LogP contribution in [0.15, 0.2) is 22.6 Å². The third-order valence-corrected chi connectivity index (χ3v) is 2.74. The Bertz CT molecular complexity index is 177. The molecule has 1 unspecified atom stereocenters. The minimum absolute atomic E-state index is 0.742. The normalized spacial score (nSPS) is 25.7. The molecule has 1 aliphatic carbocycles. The van der Waals surface area contributed by atoms with Crippen molar-refractivity contribution in [3.8, 4) is 0 Å². The lowest BCUT2D eigenvalue weighted by Gasteiger charge is -2.14. The first-order valence-corrected chi connectivity index (χ1v) is 4.89. The molecule has 0 heterocycles. The molecule has 0 spiro atoms. The van der Waals surface area contributed by atoms with E-state index in [1.54, 1.807) is 0 Å². The Morgan fingerprint density at radius 2 is 2.30 bits per heavy atom. The number of thioether (sulfide) groups is 1. The van der Waals surface area contributed by atoms with E-state index in [2.05, 4.69) is 32.3 Å². The van der Waals surface area contributed by atoms with Gasteiger partial charge < -0.3 is 0 Å². The Kier molecular flexibility index (Phi) is 2.61. The van der Waals surface area contributed by atoms with Crippen LogP contribution in [0.1, 0.15) is 20.3 Å². The SMILES string of the molecule is CSC1=CC(C)CC=C1C. The second kappa shape index (κ2) is 3.29. The highest BCUT2D eigenvalue weighted by Crippen LogP contribution is 2.28. The first-order chi connectivity index (χ1) is 4.74. The van der Waals surface area contributed by atoms with Crippen molar-refractivity contribution in [3.63, 3.8) is 0 Å². The Morgan fingerprint density at radius 3 is 2.80 bits per heavy atom. The molecular formula is C9H14S. The van der Waals surface area contributed by atoms with Gasteiger partial charge in [0.2, 0.25) is 0 Å². The minimum atomic E-state index is 0.742. The highest BCUT2D eigenvalue weighted by molar-refractivity contribution is 8.02. The molecule has 0 aromatic heterocycles. The maximum atomic E-state index is 2.36. The molecule has 1 aliphatic rings. The molecule has 0 radical (unpaired) electrons. The van der Waals surface area contributed by atoms with Gasteiger partial charge in [0.15, 0.2) is 0 Å². The van der Waals surface area contributed by atoms with Crippen molar-refractivity contribution in [1.82, 2.24) is 0 Å². The van der Waals surface area contributed by atoms with Crippen LogP contribution in [0.2, 0.25) is 0 Å². The summed E-state index contributed by atoms with van der Waals surface area (Å²) in [6, 6.07) is 0. The van der Waals surface area contributed by atoms with Crippen molar-refractivity contribution in [2.45, 2.75) is 20.3 Å². The zero-order valence-electron chi connectivity index (χ0n) is 6.85. The third kappa shape index (κ3) is 1.66. The number of rotatable bonds is 1. The van der Waals surface area contributed by atoms with Crippen molar-refractivity contribution in [2.75, 3.05) is 6.26 Å². The number of allylic oxidation sites excluding steroid dienone is 3. The third-order valence-electron chi connectivity index (χ3n) is 1.84. The predicted molar refractivity (Wildman–Crippen MR) is 49.1 cm³/mol. The van der Waals surface area contributed by atoms with Crippen LogP contribution in [0.4, 0.5) is 0 Å². The molecule has 56 valence electrons. The lowest BCUT2D eigenvalue weighted by atomic mass is 9.99. The minimum Gasteiger partial charge on any atom is -0.130 e. The summed E-state index contributed by atoms with van der Waals surface area (Å²) in [6.45, 7) is 4.45. The summed E-state index contributed by atoms with van der Waals surface area (Å²) < 4.78 is 0. The van der Waals surface area contributed by atoms with Crippen LogP contribution in [-0.4, -0.2) is 6.26 Å². The fourth-order valence-electron chi connectivity index (χ4n) is 1.15. The van der Waals surface area contributed by atoms with E-state index in [0.717, 1.165) is 5.92 Å². The van der Waals surface area contributed by atoms with Gasteiger partial charge in [-0.1, -0.05) is 19.1 Å². The summed E-state index contributed by atoms with van der Waals surface area (Å²) >= 11 is 1.85. The van der Waals surface area contributed by atoms with E-state index in [1.165, 1.54) is 16.9 Å². The molecule has 0 bridgehead atoms.